The van der Waals surface area contributed by atoms with Gasteiger partial charge in [-0.3, -0.25) is 15.6 Å². The number of fused-ring (bicyclic) bond motifs is 2. The number of amides is 1. The van der Waals surface area contributed by atoms with Crippen molar-refractivity contribution in [3.63, 3.8) is 0 Å². The maximum Gasteiger partial charge on any atom is 0.323 e. The van der Waals surface area contributed by atoms with Gasteiger partial charge in [-0.05, 0) is 41.8 Å². The van der Waals surface area contributed by atoms with Crippen molar-refractivity contribution in [1.29, 1.82) is 5.26 Å². The van der Waals surface area contributed by atoms with Crippen LogP contribution in [0.25, 0.3) is 27.6 Å². The van der Waals surface area contributed by atoms with Crippen LogP contribution in [0.1, 0.15) is 15.9 Å². The monoisotopic (exact) mass is 517 g/mol. The molecule has 0 bridgehead atoms. The number of imidazole rings is 1. The van der Waals surface area contributed by atoms with Crippen LogP contribution in [0.2, 0.25) is 0 Å². The van der Waals surface area contributed by atoms with Gasteiger partial charge in [0, 0.05) is 17.3 Å². The van der Waals surface area contributed by atoms with Gasteiger partial charge in [0.2, 0.25) is 0 Å². The van der Waals surface area contributed by atoms with Crippen LogP contribution >= 0.6 is 0 Å². The summed E-state index contributed by atoms with van der Waals surface area (Å²) < 4.78 is 1.45. The minimum atomic E-state index is -0.560. The summed E-state index contributed by atoms with van der Waals surface area (Å²) in [5, 5.41) is 29.2. The van der Waals surface area contributed by atoms with E-state index in [1.807, 2.05) is 12.1 Å². The van der Waals surface area contributed by atoms with Crippen molar-refractivity contribution in [2.75, 3.05) is 16.2 Å². The molecular weight excluding hydrogens is 498 g/mol. The summed E-state index contributed by atoms with van der Waals surface area (Å²) in [5.41, 5.74) is 7.61. The second kappa shape index (κ2) is 9.41. The number of nitrogens with one attached hydrogen (secondary N) is 5. The molecule has 0 saturated carbocycles. The van der Waals surface area contributed by atoms with E-state index in [1.54, 1.807) is 60.8 Å². The molecule has 0 atom stereocenters. The lowest BCUT2D eigenvalue weighted by Crippen LogP contribution is -2.17. The Labute approximate surface area is 219 Å². The first-order valence-corrected chi connectivity index (χ1v) is 11.7. The molecule has 3 aromatic heterocycles. The molecule has 12 nitrogen and oxygen atoms in total. The summed E-state index contributed by atoms with van der Waals surface area (Å²) in [6.07, 6.45) is 3.00. The number of nitrogens with zero attached hydrogens (tertiary/aromatic N) is 4. The van der Waals surface area contributed by atoms with E-state index in [0.29, 0.717) is 39.1 Å². The molecule has 12 heteroatoms. The van der Waals surface area contributed by atoms with Gasteiger partial charge < -0.3 is 20.4 Å². The van der Waals surface area contributed by atoms with Crippen molar-refractivity contribution >= 4 is 44.9 Å². The second-order valence-electron chi connectivity index (χ2n) is 8.53. The average molecular weight is 518 g/mol. The Hall–Kier alpha value is -6.09. The number of rotatable bonds is 6. The number of hydrogen-bond acceptors (Lipinski definition) is 8. The number of H-pyrrole nitrogens is 2. The van der Waals surface area contributed by atoms with E-state index in [0.717, 1.165) is 0 Å². The first kappa shape index (κ1) is 23.3. The zero-order valence-corrected chi connectivity index (χ0v) is 20.1. The molecule has 0 fully saturated rings. The molecule has 0 aliphatic heterocycles. The van der Waals surface area contributed by atoms with Crippen molar-refractivity contribution in [2.24, 2.45) is 0 Å². The molecule has 6 N–H and O–H groups in total. The van der Waals surface area contributed by atoms with Crippen molar-refractivity contribution < 1.29 is 9.90 Å². The van der Waals surface area contributed by atoms with E-state index in [1.165, 1.54) is 10.9 Å². The van der Waals surface area contributed by atoms with Crippen molar-refractivity contribution in [3.8, 4) is 17.6 Å². The average Bonchev–Trinajstić information content (AvgIpc) is 3.54. The molecule has 0 aliphatic carbocycles. The van der Waals surface area contributed by atoms with Crippen molar-refractivity contribution in [3.05, 3.63) is 101 Å². The number of phenolic OH excluding ortho intramolecular Hbond substituents is 1. The normalized spacial score (nSPS) is 10.8. The minimum Gasteiger partial charge on any atom is -0.505 e. The summed E-state index contributed by atoms with van der Waals surface area (Å²) >= 11 is 0. The highest BCUT2D eigenvalue weighted by Crippen LogP contribution is 2.37. The van der Waals surface area contributed by atoms with Crippen molar-refractivity contribution in [2.45, 2.75) is 0 Å². The van der Waals surface area contributed by atoms with Gasteiger partial charge in [-0.1, -0.05) is 30.3 Å². The highest BCUT2D eigenvalue weighted by molar-refractivity contribution is 6.12. The number of carbonyl (C=O) groups is 1. The largest absolute Gasteiger partial charge is 0.505 e. The molecule has 3 aromatic carbocycles. The van der Waals surface area contributed by atoms with Crippen molar-refractivity contribution in [1.82, 2.24) is 24.7 Å². The summed E-state index contributed by atoms with van der Waals surface area (Å²) in [7, 11) is 0. The number of hydrogen-bond donors (Lipinski definition) is 6. The van der Waals surface area contributed by atoms with Crippen LogP contribution in [0.3, 0.4) is 0 Å². The van der Waals surface area contributed by atoms with Crippen LogP contribution in [0.15, 0.2) is 83.9 Å². The van der Waals surface area contributed by atoms with Crippen LogP contribution in [-0.4, -0.2) is 35.7 Å². The number of aromatic hydroxyl groups is 1. The molecular formula is C27H19N9O3. The maximum absolute atomic E-state index is 13.3. The van der Waals surface area contributed by atoms with Crippen LogP contribution in [0.5, 0.6) is 5.75 Å². The fourth-order valence-corrected chi connectivity index (χ4v) is 4.27. The molecule has 190 valence electrons. The number of phenols is 1. The number of aromatic amines is 2. The molecule has 0 saturated heterocycles. The number of benzene rings is 3. The fraction of sp³-hybridized carbons (Fsp3) is 0. The van der Waals surface area contributed by atoms with E-state index in [-0.39, 0.29) is 28.3 Å². The van der Waals surface area contributed by atoms with E-state index >= 15 is 0 Å². The first-order valence-electron chi connectivity index (χ1n) is 11.7. The van der Waals surface area contributed by atoms with Gasteiger partial charge in [0.05, 0.1) is 22.8 Å². The summed E-state index contributed by atoms with van der Waals surface area (Å²) in [6.45, 7) is 0. The molecule has 39 heavy (non-hydrogen) atoms. The smallest absolute Gasteiger partial charge is 0.323 e. The van der Waals surface area contributed by atoms with Gasteiger partial charge in [-0.2, -0.15) is 15.0 Å². The van der Waals surface area contributed by atoms with Crippen LogP contribution in [-0.2, 0) is 0 Å². The molecule has 0 aliphatic rings. The Morgan fingerprint density at radius 1 is 1.00 bits per heavy atom. The standard InChI is InChI=1S/C27H19N9O3/c28-13-16-14-30-36(22-7-3-4-10-29-22)25(16)35-34-23-18-6-2-1-5-15(18)11-19(24(23)37)26(38)31-17-8-9-20-21(12-17)33-27(39)32-20/h1-12,14,34-35,37H,(H,31,38)(H2,32,33,39). The van der Waals surface area contributed by atoms with E-state index in [2.05, 4.69) is 42.3 Å². The Balaban J connectivity index is 1.36. The van der Waals surface area contributed by atoms with Gasteiger partial charge in [-0.25, -0.2) is 9.78 Å². The predicted octanol–water partition coefficient (Wildman–Crippen LogP) is 3.86. The second-order valence-corrected chi connectivity index (χ2v) is 8.53. The Kier molecular flexibility index (Phi) is 5.63. The van der Waals surface area contributed by atoms with Gasteiger partial charge in [-0.15, -0.1) is 0 Å². The molecule has 6 rings (SSSR count). The Morgan fingerprint density at radius 3 is 2.64 bits per heavy atom. The third-order valence-corrected chi connectivity index (χ3v) is 6.10. The molecule has 1 amide bonds. The molecule has 6 aromatic rings. The lowest BCUT2D eigenvalue weighted by Gasteiger charge is -2.17. The molecule has 0 unspecified atom stereocenters. The fourth-order valence-electron chi connectivity index (χ4n) is 4.27. The highest BCUT2D eigenvalue weighted by Gasteiger charge is 2.20. The predicted molar refractivity (Wildman–Crippen MR) is 146 cm³/mol. The van der Waals surface area contributed by atoms with E-state index in [4.69, 9.17) is 0 Å². The molecule has 0 radical (unpaired) electrons. The number of pyridine rings is 1. The minimum absolute atomic E-state index is 0.0133. The van der Waals surface area contributed by atoms with Crippen LogP contribution in [0.4, 0.5) is 17.2 Å². The van der Waals surface area contributed by atoms with Gasteiger partial charge in [0.15, 0.2) is 17.4 Å². The Bertz CT molecular complexity index is 1970. The lowest BCUT2D eigenvalue weighted by atomic mass is 10.0. The highest BCUT2D eigenvalue weighted by atomic mass is 16.3. The quantitative estimate of drug-likeness (QED) is 0.142. The SMILES string of the molecule is N#Cc1cnn(-c2ccccn2)c1NNc1c(O)c(C(=O)Nc2ccc3[nH]c(=O)[nH]c3c2)cc2ccccc12. The van der Waals surface area contributed by atoms with Crippen LogP contribution in [0, 0.1) is 11.3 Å². The molecule has 0 spiro atoms. The Morgan fingerprint density at radius 2 is 1.82 bits per heavy atom. The number of carbonyl (C=O) groups excluding carboxylic acids is 1. The zero-order valence-electron chi connectivity index (χ0n) is 20.1. The topological polar surface area (TPSA) is 177 Å². The number of aromatic nitrogens is 5. The molecule has 3 heterocycles. The van der Waals surface area contributed by atoms with E-state index in [9.17, 15) is 20.0 Å². The summed E-state index contributed by atoms with van der Waals surface area (Å²) in [6, 6.07) is 21.1. The van der Waals surface area contributed by atoms with E-state index < -0.39 is 5.91 Å². The first-order chi connectivity index (χ1) is 19.0. The lowest BCUT2D eigenvalue weighted by molar-refractivity contribution is 0.102. The number of nitriles is 1. The summed E-state index contributed by atoms with van der Waals surface area (Å²) in [4.78, 5) is 34.4. The third-order valence-electron chi connectivity index (χ3n) is 6.10. The zero-order chi connectivity index (χ0) is 26.9. The third kappa shape index (κ3) is 4.25. The van der Waals surface area contributed by atoms with Gasteiger partial charge in [0.25, 0.3) is 5.91 Å². The van der Waals surface area contributed by atoms with Gasteiger partial charge in [0.1, 0.15) is 17.3 Å². The van der Waals surface area contributed by atoms with Crippen LogP contribution < -0.4 is 21.9 Å². The summed E-state index contributed by atoms with van der Waals surface area (Å²) in [5.74, 6) is -0.0957. The maximum atomic E-state index is 13.3. The number of hydrazine groups is 1. The number of anilines is 3. The van der Waals surface area contributed by atoms with Gasteiger partial charge >= 0.3 is 5.69 Å².